The predicted molar refractivity (Wildman–Crippen MR) is 54.3 cm³/mol. The Bertz CT molecular complexity index is 383. The third-order valence-corrected chi connectivity index (χ3v) is 4.26. The molecule has 1 rings (SSSR count). The highest BCUT2D eigenvalue weighted by Crippen LogP contribution is 2.16. The molecule has 0 bridgehead atoms. The van der Waals surface area contributed by atoms with Gasteiger partial charge in [0.1, 0.15) is 4.60 Å². The van der Waals surface area contributed by atoms with Crippen LogP contribution in [0.1, 0.15) is 13.8 Å². The van der Waals surface area contributed by atoms with Gasteiger partial charge in [0.05, 0.1) is 10.1 Å². The minimum absolute atomic E-state index is 0.269. The van der Waals surface area contributed by atoms with E-state index in [0.717, 1.165) is 0 Å². The molecule has 0 atom stereocenters. The molecule has 5 heteroatoms. The van der Waals surface area contributed by atoms with Gasteiger partial charge in [-0.1, -0.05) is 0 Å². The number of hydrogen-bond donors (Lipinski definition) is 0. The number of aromatic nitrogens is 1. The first-order chi connectivity index (χ1) is 5.94. The van der Waals surface area contributed by atoms with Crippen LogP contribution in [0.3, 0.4) is 0 Å². The van der Waals surface area contributed by atoms with Gasteiger partial charge < -0.3 is 0 Å². The van der Waals surface area contributed by atoms with Gasteiger partial charge in [-0.25, -0.2) is 13.4 Å². The molecule has 0 aromatic carbocycles. The van der Waals surface area contributed by atoms with Crippen molar-refractivity contribution in [3.8, 4) is 0 Å². The Morgan fingerprint density at radius 3 is 2.38 bits per heavy atom. The van der Waals surface area contributed by atoms with E-state index < -0.39 is 15.1 Å². The van der Waals surface area contributed by atoms with Crippen LogP contribution >= 0.6 is 15.9 Å². The molecule has 0 aliphatic heterocycles. The van der Waals surface area contributed by atoms with Crippen molar-refractivity contribution < 1.29 is 8.42 Å². The fraction of sp³-hybridized carbons (Fsp3) is 0.375. The van der Waals surface area contributed by atoms with E-state index in [2.05, 4.69) is 20.9 Å². The molecule has 0 radical (unpaired) electrons. The number of pyridine rings is 1. The van der Waals surface area contributed by atoms with E-state index in [4.69, 9.17) is 0 Å². The molecule has 0 aliphatic carbocycles. The number of sulfone groups is 1. The lowest BCUT2D eigenvalue weighted by Crippen LogP contribution is -2.14. The highest BCUT2D eigenvalue weighted by molar-refractivity contribution is 9.10. The van der Waals surface area contributed by atoms with Crippen molar-refractivity contribution in [2.45, 2.75) is 24.0 Å². The van der Waals surface area contributed by atoms with Crippen LogP contribution in [0, 0.1) is 0 Å². The quantitative estimate of drug-likeness (QED) is 0.768. The molecule has 3 nitrogen and oxygen atoms in total. The van der Waals surface area contributed by atoms with Crippen molar-refractivity contribution in [2.75, 3.05) is 0 Å². The van der Waals surface area contributed by atoms with Gasteiger partial charge in [-0.3, -0.25) is 0 Å². The van der Waals surface area contributed by atoms with Gasteiger partial charge in [-0.15, -0.1) is 0 Å². The molecular weight excluding hydrogens is 254 g/mol. The van der Waals surface area contributed by atoms with E-state index in [1.807, 2.05) is 0 Å². The Balaban J connectivity index is 3.17. The Kier molecular flexibility index (Phi) is 3.08. The summed E-state index contributed by atoms with van der Waals surface area (Å²) in [7, 11) is -3.18. The van der Waals surface area contributed by atoms with Crippen molar-refractivity contribution in [3.05, 3.63) is 22.9 Å². The molecule has 0 fully saturated rings. The first kappa shape index (κ1) is 10.7. The molecular formula is C8H10BrNO2S. The van der Waals surface area contributed by atoms with Gasteiger partial charge in [0.25, 0.3) is 0 Å². The summed E-state index contributed by atoms with van der Waals surface area (Å²) in [5.74, 6) is 0. The van der Waals surface area contributed by atoms with E-state index in [1.165, 1.54) is 6.20 Å². The maximum Gasteiger partial charge on any atom is 0.182 e. The third kappa shape index (κ3) is 2.28. The van der Waals surface area contributed by atoms with Gasteiger partial charge in [-0.2, -0.15) is 0 Å². The van der Waals surface area contributed by atoms with Crippen molar-refractivity contribution in [1.82, 2.24) is 4.98 Å². The molecule has 0 spiro atoms. The maximum absolute atomic E-state index is 11.6. The molecule has 0 amide bonds. The third-order valence-electron chi connectivity index (χ3n) is 1.65. The van der Waals surface area contributed by atoms with Crippen molar-refractivity contribution >= 4 is 25.8 Å². The monoisotopic (exact) mass is 263 g/mol. The lowest BCUT2D eigenvalue weighted by molar-refractivity contribution is 0.587. The summed E-state index contributed by atoms with van der Waals surface area (Å²) in [5.41, 5.74) is 0. The average molecular weight is 264 g/mol. The van der Waals surface area contributed by atoms with Crippen LogP contribution in [-0.2, 0) is 9.84 Å². The summed E-state index contributed by atoms with van der Waals surface area (Å²) in [6.45, 7) is 3.30. The molecule has 1 heterocycles. The Morgan fingerprint density at radius 2 is 2.00 bits per heavy atom. The maximum atomic E-state index is 11.6. The fourth-order valence-electron chi connectivity index (χ4n) is 0.803. The summed E-state index contributed by atoms with van der Waals surface area (Å²) in [6.07, 6.45) is 1.36. The lowest BCUT2D eigenvalue weighted by atomic mass is 10.5. The normalized spacial score (nSPS) is 12.0. The van der Waals surface area contributed by atoms with Crippen LogP contribution in [0.2, 0.25) is 0 Å². The molecule has 0 saturated heterocycles. The fourth-order valence-corrected chi connectivity index (χ4v) is 2.04. The molecule has 1 aromatic rings. The summed E-state index contributed by atoms with van der Waals surface area (Å²) >= 11 is 3.14. The zero-order valence-electron chi connectivity index (χ0n) is 7.36. The second-order valence-corrected chi connectivity index (χ2v) is 6.23. The average Bonchev–Trinajstić information content (AvgIpc) is 2.04. The molecule has 0 aliphatic rings. The van der Waals surface area contributed by atoms with E-state index in [9.17, 15) is 8.42 Å². The van der Waals surface area contributed by atoms with Gasteiger partial charge in [-0.05, 0) is 41.9 Å². The van der Waals surface area contributed by atoms with Crippen LogP contribution < -0.4 is 0 Å². The van der Waals surface area contributed by atoms with Gasteiger partial charge in [0.2, 0.25) is 0 Å². The second kappa shape index (κ2) is 3.75. The summed E-state index contributed by atoms with van der Waals surface area (Å²) in [4.78, 5) is 4.13. The van der Waals surface area contributed by atoms with Crippen molar-refractivity contribution in [3.63, 3.8) is 0 Å². The molecule has 13 heavy (non-hydrogen) atoms. The minimum atomic E-state index is -3.18. The van der Waals surface area contributed by atoms with Crippen molar-refractivity contribution in [2.24, 2.45) is 0 Å². The van der Waals surface area contributed by atoms with Gasteiger partial charge >= 0.3 is 0 Å². The first-order valence-electron chi connectivity index (χ1n) is 3.80. The van der Waals surface area contributed by atoms with Gasteiger partial charge in [0, 0.05) is 6.20 Å². The SMILES string of the molecule is CC(C)S(=O)(=O)c1ccc(Br)nc1. The number of nitrogens with zero attached hydrogens (tertiary/aromatic N) is 1. The van der Waals surface area contributed by atoms with Gasteiger partial charge in [0.15, 0.2) is 9.84 Å². The number of hydrogen-bond acceptors (Lipinski definition) is 3. The van der Waals surface area contributed by atoms with Crippen LogP contribution in [0.25, 0.3) is 0 Å². The molecule has 1 aromatic heterocycles. The number of halogens is 1. The molecule has 0 N–H and O–H groups in total. The first-order valence-corrected chi connectivity index (χ1v) is 6.14. The highest BCUT2D eigenvalue weighted by atomic mass is 79.9. The second-order valence-electron chi connectivity index (χ2n) is 2.91. The molecule has 72 valence electrons. The summed E-state index contributed by atoms with van der Waals surface area (Å²) in [6, 6.07) is 3.17. The highest BCUT2D eigenvalue weighted by Gasteiger charge is 2.18. The topological polar surface area (TPSA) is 47.0 Å². The van der Waals surface area contributed by atoms with Crippen LogP contribution in [0.4, 0.5) is 0 Å². The summed E-state index contributed by atoms with van der Waals surface area (Å²) < 4.78 is 23.8. The van der Waals surface area contributed by atoms with E-state index >= 15 is 0 Å². The Morgan fingerprint density at radius 1 is 1.38 bits per heavy atom. The zero-order chi connectivity index (χ0) is 10.1. The van der Waals surface area contributed by atoms with E-state index in [1.54, 1.807) is 26.0 Å². The van der Waals surface area contributed by atoms with Crippen molar-refractivity contribution in [1.29, 1.82) is 0 Å². The molecule has 0 saturated carbocycles. The van der Waals surface area contributed by atoms with E-state index in [-0.39, 0.29) is 4.90 Å². The van der Waals surface area contributed by atoms with Crippen LogP contribution in [0.5, 0.6) is 0 Å². The smallest absolute Gasteiger partial charge is 0.182 e. The lowest BCUT2D eigenvalue weighted by Gasteiger charge is -2.06. The van der Waals surface area contributed by atoms with Crippen LogP contribution in [0.15, 0.2) is 27.8 Å². The molecule has 0 unspecified atom stereocenters. The minimum Gasteiger partial charge on any atom is -0.248 e. The van der Waals surface area contributed by atoms with E-state index in [0.29, 0.717) is 4.60 Å². The Hall–Kier alpha value is -0.420. The largest absolute Gasteiger partial charge is 0.248 e. The number of rotatable bonds is 2. The standard InChI is InChI=1S/C8H10BrNO2S/c1-6(2)13(11,12)7-3-4-8(9)10-5-7/h3-6H,1-2H3. The predicted octanol–water partition coefficient (Wildman–Crippen LogP) is 2.03. The zero-order valence-corrected chi connectivity index (χ0v) is 9.76. The summed E-state index contributed by atoms with van der Waals surface area (Å²) in [5, 5.41) is -0.407. The van der Waals surface area contributed by atoms with Crippen LogP contribution in [-0.4, -0.2) is 18.7 Å². The Labute approximate surface area is 86.2 Å².